The van der Waals surface area contributed by atoms with Crippen molar-refractivity contribution in [2.75, 3.05) is 30.8 Å². The third-order valence-corrected chi connectivity index (χ3v) is 6.44. The van der Waals surface area contributed by atoms with Gasteiger partial charge in [0.25, 0.3) is 0 Å². The van der Waals surface area contributed by atoms with Crippen molar-refractivity contribution in [3.8, 4) is 5.75 Å². The molecule has 0 saturated heterocycles. The molecule has 10 heteroatoms. The molecule has 0 aliphatic heterocycles. The standard InChI is InChI=1S/C23H30ClN3O5S/c1-6-25-23(29)17(3)26(14-18-9-7-16(2)8-10-18)22(28)15-27(33(5,30)31)20-13-19(24)11-12-21(20)32-4/h7-13,17H,6,14-15H2,1-5H3,(H,25,29)/t17-/m0/s1. The van der Waals surface area contributed by atoms with Crippen LogP contribution in [0.5, 0.6) is 5.75 Å². The summed E-state index contributed by atoms with van der Waals surface area (Å²) in [6, 6.07) is 11.3. The van der Waals surface area contributed by atoms with Crippen molar-refractivity contribution in [2.45, 2.75) is 33.4 Å². The fourth-order valence-electron chi connectivity index (χ4n) is 3.25. The maximum absolute atomic E-state index is 13.4. The van der Waals surface area contributed by atoms with Crippen LogP contribution in [0.3, 0.4) is 0 Å². The van der Waals surface area contributed by atoms with Gasteiger partial charge in [-0.3, -0.25) is 13.9 Å². The van der Waals surface area contributed by atoms with Crippen LogP contribution in [0.4, 0.5) is 5.69 Å². The van der Waals surface area contributed by atoms with Crippen LogP contribution in [-0.2, 0) is 26.2 Å². The molecule has 0 aliphatic rings. The van der Waals surface area contributed by atoms with Crippen LogP contribution < -0.4 is 14.4 Å². The first-order valence-corrected chi connectivity index (χ1v) is 12.6. The Bertz CT molecular complexity index is 1090. The van der Waals surface area contributed by atoms with E-state index >= 15 is 0 Å². The normalized spacial score (nSPS) is 12.1. The van der Waals surface area contributed by atoms with Gasteiger partial charge in [0.05, 0.1) is 19.1 Å². The monoisotopic (exact) mass is 495 g/mol. The van der Waals surface area contributed by atoms with Gasteiger partial charge in [0.15, 0.2) is 0 Å². The van der Waals surface area contributed by atoms with E-state index in [4.69, 9.17) is 16.3 Å². The first-order chi connectivity index (χ1) is 15.5. The zero-order chi connectivity index (χ0) is 24.8. The van der Waals surface area contributed by atoms with Gasteiger partial charge in [0.1, 0.15) is 18.3 Å². The van der Waals surface area contributed by atoms with Gasteiger partial charge in [-0.05, 0) is 44.5 Å². The van der Waals surface area contributed by atoms with Gasteiger partial charge >= 0.3 is 0 Å². The Labute approximate surface area is 200 Å². The molecule has 33 heavy (non-hydrogen) atoms. The number of carbonyl (C=O) groups excluding carboxylic acids is 2. The van der Waals surface area contributed by atoms with E-state index in [0.29, 0.717) is 11.6 Å². The van der Waals surface area contributed by atoms with Crippen molar-refractivity contribution in [2.24, 2.45) is 0 Å². The van der Waals surface area contributed by atoms with Crippen LogP contribution in [-0.4, -0.2) is 57.6 Å². The number of aryl methyl sites for hydroxylation is 1. The highest BCUT2D eigenvalue weighted by molar-refractivity contribution is 7.92. The number of benzene rings is 2. The van der Waals surface area contributed by atoms with Gasteiger partial charge in [-0.15, -0.1) is 0 Å². The molecule has 0 spiro atoms. The summed E-state index contributed by atoms with van der Waals surface area (Å²) in [7, 11) is -2.49. The Kier molecular flexibility index (Phi) is 9.13. The molecule has 2 aromatic rings. The summed E-state index contributed by atoms with van der Waals surface area (Å²) in [6.45, 7) is 5.37. The SMILES string of the molecule is CCNC(=O)[C@H](C)N(Cc1ccc(C)cc1)C(=O)CN(c1cc(Cl)ccc1OC)S(C)(=O)=O. The summed E-state index contributed by atoms with van der Waals surface area (Å²) in [4.78, 5) is 27.4. The first kappa shape index (κ1) is 26.5. The van der Waals surface area contributed by atoms with Crippen LogP contribution in [0.25, 0.3) is 0 Å². The average Bonchev–Trinajstić information content (AvgIpc) is 2.75. The Morgan fingerprint density at radius 3 is 2.33 bits per heavy atom. The second-order valence-electron chi connectivity index (χ2n) is 7.66. The molecule has 1 atom stereocenters. The summed E-state index contributed by atoms with van der Waals surface area (Å²) in [5.74, 6) is -0.620. The highest BCUT2D eigenvalue weighted by Gasteiger charge is 2.31. The van der Waals surface area contributed by atoms with E-state index in [1.807, 2.05) is 31.2 Å². The fourth-order valence-corrected chi connectivity index (χ4v) is 4.26. The topological polar surface area (TPSA) is 96.0 Å². The number of halogens is 1. The quantitative estimate of drug-likeness (QED) is 0.546. The number of amides is 2. The Balaban J connectivity index is 2.44. The van der Waals surface area contributed by atoms with Crippen LogP contribution in [0.2, 0.25) is 5.02 Å². The summed E-state index contributed by atoms with van der Waals surface area (Å²) in [6.07, 6.45) is 0.998. The van der Waals surface area contributed by atoms with Crippen molar-refractivity contribution in [1.29, 1.82) is 0 Å². The van der Waals surface area contributed by atoms with Crippen LogP contribution in [0, 0.1) is 6.92 Å². The molecule has 8 nitrogen and oxygen atoms in total. The number of hydrogen-bond donors (Lipinski definition) is 1. The zero-order valence-electron chi connectivity index (χ0n) is 19.5. The highest BCUT2D eigenvalue weighted by Crippen LogP contribution is 2.33. The van der Waals surface area contributed by atoms with Crippen LogP contribution >= 0.6 is 11.6 Å². The Morgan fingerprint density at radius 1 is 1.15 bits per heavy atom. The molecule has 0 radical (unpaired) electrons. The fraction of sp³-hybridized carbons (Fsp3) is 0.391. The van der Waals surface area contributed by atoms with Crippen LogP contribution in [0.1, 0.15) is 25.0 Å². The molecule has 0 saturated carbocycles. The Morgan fingerprint density at radius 2 is 1.79 bits per heavy atom. The van der Waals surface area contributed by atoms with Gasteiger partial charge in [-0.25, -0.2) is 8.42 Å². The molecule has 0 bridgehead atoms. The summed E-state index contributed by atoms with van der Waals surface area (Å²) in [5.41, 5.74) is 2.02. The lowest BCUT2D eigenvalue weighted by Gasteiger charge is -2.31. The van der Waals surface area contributed by atoms with E-state index in [2.05, 4.69) is 5.32 Å². The largest absolute Gasteiger partial charge is 0.495 e. The second-order valence-corrected chi connectivity index (χ2v) is 10.0. The maximum Gasteiger partial charge on any atom is 0.244 e. The lowest BCUT2D eigenvalue weighted by molar-refractivity contribution is -0.139. The molecule has 2 aromatic carbocycles. The van der Waals surface area contributed by atoms with Gasteiger partial charge in [-0.2, -0.15) is 0 Å². The number of rotatable bonds is 10. The van der Waals surface area contributed by atoms with Crippen molar-refractivity contribution >= 4 is 39.1 Å². The smallest absolute Gasteiger partial charge is 0.244 e. The molecule has 0 aliphatic carbocycles. The predicted octanol–water partition coefficient (Wildman–Crippen LogP) is 2.98. The van der Waals surface area contributed by atoms with E-state index in [9.17, 15) is 18.0 Å². The number of carbonyl (C=O) groups is 2. The zero-order valence-corrected chi connectivity index (χ0v) is 21.0. The lowest BCUT2D eigenvalue weighted by Crippen LogP contribution is -2.51. The molecule has 2 rings (SSSR count). The van der Waals surface area contributed by atoms with E-state index < -0.39 is 28.5 Å². The summed E-state index contributed by atoms with van der Waals surface area (Å²) < 4.78 is 31.5. The van der Waals surface area contributed by atoms with Crippen molar-refractivity contribution in [1.82, 2.24) is 10.2 Å². The van der Waals surface area contributed by atoms with E-state index in [0.717, 1.165) is 21.7 Å². The number of methoxy groups -OCH3 is 1. The molecule has 1 N–H and O–H groups in total. The van der Waals surface area contributed by atoms with Crippen LogP contribution in [0.15, 0.2) is 42.5 Å². The van der Waals surface area contributed by atoms with E-state index in [1.54, 1.807) is 19.9 Å². The van der Waals surface area contributed by atoms with Gasteiger partial charge in [-0.1, -0.05) is 41.4 Å². The second kappa shape index (κ2) is 11.4. The minimum Gasteiger partial charge on any atom is -0.495 e. The molecular formula is C23H30ClN3O5S. The number of ether oxygens (including phenoxy) is 1. The highest BCUT2D eigenvalue weighted by atomic mass is 35.5. The van der Waals surface area contributed by atoms with E-state index in [-0.39, 0.29) is 23.9 Å². The number of sulfonamides is 1. The summed E-state index contributed by atoms with van der Waals surface area (Å²) >= 11 is 6.09. The lowest BCUT2D eigenvalue weighted by atomic mass is 10.1. The Hall–Kier alpha value is -2.78. The van der Waals surface area contributed by atoms with Crippen molar-refractivity contribution in [3.05, 3.63) is 58.6 Å². The minimum atomic E-state index is -3.88. The molecular weight excluding hydrogens is 466 g/mol. The van der Waals surface area contributed by atoms with Crippen molar-refractivity contribution < 1.29 is 22.7 Å². The predicted molar refractivity (Wildman–Crippen MR) is 130 cm³/mol. The number of nitrogens with one attached hydrogen (secondary N) is 1. The molecule has 180 valence electrons. The summed E-state index contributed by atoms with van der Waals surface area (Å²) in [5, 5.41) is 3.01. The average molecular weight is 496 g/mol. The molecule has 0 heterocycles. The van der Waals surface area contributed by atoms with Crippen molar-refractivity contribution in [3.63, 3.8) is 0 Å². The molecule has 0 aromatic heterocycles. The number of nitrogens with zero attached hydrogens (tertiary/aromatic N) is 2. The van der Waals surface area contributed by atoms with Gasteiger partial charge in [0.2, 0.25) is 21.8 Å². The third kappa shape index (κ3) is 7.10. The number of anilines is 1. The van der Waals surface area contributed by atoms with Gasteiger partial charge < -0.3 is 15.0 Å². The minimum absolute atomic E-state index is 0.141. The molecule has 0 unspecified atom stereocenters. The van der Waals surface area contributed by atoms with E-state index in [1.165, 1.54) is 24.1 Å². The third-order valence-electron chi connectivity index (χ3n) is 5.08. The first-order valence-electron chi connectivity index (χ1n) is 10.4. The number of likely N-dealkylation sites (N-methyl/N-ethyl adjacent to an activating group) is 1. The van der Waals surface area contributed by atoms with Gasteiger partial charge in [0, 0.05) is 18.1 Å². The molecule has 2 amide bonds. The molecule has 0 fully saturated rings. The number of hydrogen-bond acceptors (Lipinski definition) is 5. The maximum atomic E-state index is 13.4.